The third-order valence-electron chi connectivity index (χ3n) is 6.63. The number of H-pyrrole nitrogens is 1. The third kappa shape index (κ3) is 3.58. The molecule has 6 rings (SSSR count). The van der Waals surface area contributed by atoms with Crippen molar-refractivity contribution >= 4 is 11.5 Å². The van der Waals surface area contributed by atoms with Crippen LogP contribution in [0.4, 0.5) is 0 Å². The van der Waals surface area contributed by atoms with E-state index >= 15 is 0 Å². The molecule has 0 amide bonds. The fourth-order valence-electron chi connectivity index (χ4n) is 4.93. The lowest BCUT2D eigenvalue weighted by molar-refractivity contribution is -0.118. The number of rotatable bonds is 5. The van der Waals surface area contributed by atoms with Gasteiger partial charge >= 0.3 is 0 Å². The van der Waals surface area contributed by atoms with Crippen LogP contribution in [-0.4, -0.2) is 10.8 Å². The number of aromatic nitrogens is 1. The van der Waals surface area contributed by atoms with E-state index in [9.17, 15) is 4.79 Å². The second-order valence-electron chi connectivity index (χ2n) is 8.73. The maximum absolute atomic E-state index is 14.1. The number of nitrogens with one attached hydrogen (secondary N) is 2. The summed E-state index contributed by atoms with van der Waals surface area (Å²) >= 11 is 0. The van der Waals surface area contributed by atoms with E-state index in [1.54, 1.807) is 6.08 Å². The summed E-state index contributed by atoms with van der Waals surface area (Å²) in [6.45, 7) is 0. The number of carbonyl (C=O) groups is 1. The normalized spacial score (nSPS) is 17.1. The van der Waals surface area contributed by atoms with Crippen molar-refractivity contribution in [3.05, 3.63) is 150 Å². The second-order valence-corrected chi connectivity index (χ2v) is 8.73. The minimum atomic E-state index is -1.05. The molecule has 2 N–H and O–H groups in total. The Hall–Kier alpha value is -4.63. The first-order valence-electron chi connectivity index (χ1n) is 11.8. The van der Waals surface area contributed by atoms with E-state index in [4.69, 9.17) is 0 Å². The average molecular weight is 453 g/mol. The molecule has 5 aromatic rings. The Bertz CT molecular complexity index is 1500. The van der Waals surface area contributed by atoms with Crippen LogP contribution in [0.2, 0.25) is 0 Å². The molecule has 3 heteroatoms. The topological polar surface area (TPSA) is 44.9 Å². The van der Waals surface area contributed by atoms with Gasteiger partial charge in [-0.2, -0.15) is 0 Å². The highest BCUT2D eigenvalue weighted by Crippen LogP contribution is 2.44. The molecule has 0 spiro atoms. The molecule has 1 unspecified atom stereocenters. The van der Waals surface area contributed by atoms with Gasteiger partial charge in [-0.25, -0.2) is 0 Å². The summed E-state index contributed by atoms with van der Waals surface area (Å²) in [7, 11) is 0. The van der Waals surface area contributed by atoms with Crippen molar-refractivity contribution in [2.45, 2.75) is 5.54 Å². The Morgan fingerprint density at radius 2 is 1.09 bits per heavy atom. The Balaban J connectivity index is 1.60. The highest BCUT2D eigenvalue weighted by atomic mass is 16.1. The summed E-state index contributed by atoms with van der Waals surface area (Å²) in [5.41, 5.74) is 6.56. The van der Waals surface area contributed by atoms with Crippen LogP contribution in [0.15, 0.2) is 133 Å². The molecule has 4 aromatic carbocycles. The maximum Gasteiger partial charge on any atom is 0.192 e. The van der Waals surface area contributed by atoms with E-state index in [2.05, 4.69) is 40.6 Å². The van der Waals surface area contributed by atoms with Gasteiger partial charge in [-0.05, 0) is 28.3 Å². The number of hydrogen-bond donors (Lipinski definition) is 2. The molecule has 2 heterocycles. The average Bonchev–Trinajstić information content (AvgIpc) is 3.53. The molecule has 0 fully saturated rings. The standard InChI is InChI=1S/C32H24N2O/c35-30-22-29(24-15-7-2-8-16-24)34-32(30,26-19-11-4-12-20-26)27-21-28(23-13-5-1-6-14-23)33-31(27)25-17-9-3-10-18-25/h1-22,33-34H. The molecule has 3 nitrogen and oxygen atoms in total. The lowest BCUT2D eigenvalue weighted by Gasteiger charge is -2.31. The lowest BCUT2D eigenvalue weighted by Crippen LogP contribution is -2.44. The predicted octanol–water partition coefficient (Wildman–Crippen LogP) is 6.81. The quantitative estimate of drug-likeness (QED) is 0.308. The van der Waals surface area contributed by atoms with Crippen molar-refractivity contribution < 1.29 is 4.79 Å². The van der Waals surface area contributed by atoms with E-state index in [1.165, 1.54) is 0 Å². The van der Waals surface area contributed by atoms with E-state index in [0.717, 1.165) is 44.9 Å². The zero-order valence-corrected chi connectivity index (χ0v) is 19.1. The van der Waals surface area contributed by atoms with Crippen molar-refractivity contribution in [3.8, 4) is 22.5 Å². The first kappa shape index (κ1) is 20.9. The minimum Gasteiger partial charge on any atom is -0.365 e. The minimum absolute atomic E-state index is 0.0124. The molecule has 1 aliphatic heterocycles. The van der Waals surface area contributed by atoms with Crippen LogP contribution in [0, 0.1) is 0 Å². The maximum atomic E-state index is 14.1. The molecule has 35 heavy (non-hydrogen) atoms. The Morgan fingerprint density at radius 1 is 0.571 bits per heavy atom. The van der Waals surface area contributed by atoms with Crippen LogP contribution >= 0.6 is 0 Å². The van der Waals surface area contributed by atoms with Gasteiger partial charge in [-0.3, -0.25) is 4.79 Å². The van der Waals surface area contributed by atoms with Gasteiger partial charge in [0.15, 0.2) is 11.3 Å². The molecule has 1 atom stereocenters. The Labute approximate surface area is 204 Å². The van der Waals surface area contributed by atoms with Crippen molar-refractivity contribution in [1.29, 1.82) is 0 Å². The zero-order valence-electron chi connectivity index (χ0n) is 19.1. The van der Waals surface area contributed by atoms with Crippen molar-refractivity contribution in [2.24, 2.45) is 0 Å². The number of ketones is 1. The van der Waals surface area contributed by atoms with E-state index in [1.807, 2.05) is 97.1 Å². The summed E-state index contributed by atoms with van der Waals surface area (Å²) in [5, 5.41) is 3.67. The number of carbonyl (C=O) groups excluding carboxylic acids is 1. The predicted molar refractivity (Wildman–Crippen MR) is 141 cm³/mol. The number of benzene rings is 4. The Kier molecular flexibility index (Phi) is 5.16. The summed E-state index contributed by atoms with van der Waals surface area (Å²) in [4.78, 5) is 17.7. The molecule has 0 saturated heterocycles. The van der Waals surface area contributed by atoms with Crippen molar-refractivity contribution in [2.75, 3.05) is 0 Å². The number of hydrogen-bond acceptors (Lipinski definition) is 2. The van der Waals surface area contributed by atoms with Crippen LogP contribution in [-0.2, 0) is 10.3 Å². The SMILES string of the molecule is O=C1C=C(c2ccccc2)NC1(c1ccccc1)c1cc(-c2ccccc2)[nH]c1-c1ccccc1. The Morgan fingerprint density at radius 3 is 1.69 bits per heavy atom. The molecule has 1 aromatic heterocycles. The van der Waals surface area contributed by atoms with Gasteiger partial charge in [0, 0.05) is 23.0 Å². The highest BCUT2D eigenvalue weighted by Gasteiger charge is 2.47. The fraction of sp³-hybridized carbons (Fsp3) is 0.0312. The van der Waals surface area contributed by atoms with Gasteiger partial charge in [0.2, 0.25) is 0 Å². The first-order chi connectivity index (χ1) is 17.3. The molecule has 0 radical (unpaired) electrons. The third-order valence-corrected chi connectivity index (χ3v) is 6.63. The van der Waals surface area contributed by atoms with Gasteiger partial charge in [0.1, 0.15) is 0 Å². The van der Waals surface area contributed by atoms with Gasteiger partial charge in [-0.15, -0.1) is 0 Å². The van der Waals surface area contributed by atoms with Gasteiger partial charge < -0.3 is 10.3 Å². The number of aromatic amines is 1. The summed E-state index contributed by atoms with van der Waals surface area (Å²) in [5.74, 6) is 0.0124. The first-order valence-corrected chi connectivity index (χ1v) is 11.8. The van der Waals surface area contributed by atoms with Crippen LogP contribution in [0.5, 0.6) is 0 Å². The van der Waals surface area contributed by atoms with E-state index in [0.29, 0.717) is 0 Å². The smallest absolute Gasteiger partial charge is 0.192 e. The van der Waals surface area contributed by atoms with E-state index < -0.39 is 5.54 Å². The van der Waals surface area contributed by atoms with Crippen LogP contribution in [0.25, 0.3) is 28.2 Å². The van der Waals surface area contributed by atoms with Crippen molar-refractivity contribution in [3.63, 3.8) is 0 Å². The van der Waals surface area contributed by atoms with Gasteiger partial charge in [0.25, 0.3) is 0 Å². The molecule has 0 aliphatic carbocycles. The fourth-order valence-corrected chi connectivity index (χ4v) is 4.93. The lowest BCUT2D eigenvalue weighted by atomic mass is 9.79. The molecular formula is C32H24N2O. The van der Waals surface area contributed by atoms with Crippen LogP contribution < -0.4 is 5.32 Å². The second kappa shape index (κ2) is 8.62. The molecule has 0 saturated carbocycles. The summed E-state index contributed by atoms with van der Waals surface area (Å²) in [6, 6.07) is 42.6. The molecule has 1 aliphatic rings. The summed E-state index contributed by atoms with van der Waals surface area (Å²) in [6.07, 6.45) is 1.74. The highest BCUT2D eigenvalue weighted by molar-refractivity contribution is 6.11. The largest absolute Gasteiger partial charge is 0.365 e. The van der Waals surface area contributed by atoms with Crippen LogP contribution in [0.1, 0.15) is 16.7 Å². The molecular weight excluding hydrogens is 428 g/mol. The summed E-state index contributed by atoms with van der Waals surface area (Å²) < 4.78 is 0. The van der Waals surface area contributed by atoms with Crippen molar-refractivity contribution in [1.82, 2.24) is 10.3 Å². The van der Waals surface area contributed by atoms with E-state index in [-0.39, 0.29) is 5.78 Å². The van der Waals surface area contributed by atoms with Crippen LogP contribution in [0.3, 0.4) is 0 Å². The monoisotopic (exact) mass is 452 g/mol. The van der Waals surface area contributed by atoms with Gasteiger partial charge in [0.05, 0.1) is 5.69 Å². The zero-order chi connectivity index (χ0) is 23.7. The molecule has 168 valence electrons. The van der Waals surface area contributed by atoms with Gasteiger partial charge in [-0.1, -0.05) is 121 Å². The molecule has 0 bridgehead atoms.